The third-order valence-electron chi connectivity index (χ3n) is 1.68. The molecule has 0 radical (unpaired) electrons. The predicted octanol–water partition coefficient (Wildman–Crippen LogP) is 0.630. The lowest BCUT2D eigenvalue weighted by molar-refractivity contribution is -0.0809. The van der Waals surface area contributed by atoms with Gasteiger partial charge in [-0.2, -0.15) is 0 Å². The van der Waals surface area contributed by atoms with Crippen LogP contribution in [0.4, 0.5) is 4.48 Å². The van der Waals surface area contributed by atoms with Crippen LogP contribution in [-0.2, 0) is 0 Å². The molecule has 1 aliphatic rings. The first kappa shape index (κ1) is 6.55. The van der Waals surface area contributed by atoms with E-state index in [1.165, 1.54) is 0 Å². The Bertz CT molecular complexity index is 110. The summed E-state index contributed by atoms with van der Waals surface area (Å²) in [7, 11) is 1.91. The van der Waals surface area contributed by atoms with Gasteiger partial charge in [-0.05, 0) is 6.20 Å². The molecule has 0 N–H and O–H groups in total. The van der Waals surface area contributed by atoms with Gasteiger partial charge < -0.3 is 4.90 Å². The predicted molar refractivity (Wildman–Crippen MR) is 34.4 cm³/mol. The molecule has 0 amide bonds. The van der Waals surface area contributed by atoms with Crippen molar-refractivity contribution in [3.8, 4) is 0 Å². The molecule has 0 aromatic heterocycles. The molecule has 0 spiro atoms. The van der Waals surface area contributed by atoms with Crippen LogP contribution in [0.3, 0.4) is 0 Å². The van der Waals surface area contributed by atoms with Crippen LogP contribution in [0, 0.1) is 0 Å². The molecule has 1 fully saturated rings. The molecule has 1 heterocycles. The molecular weight excluding hydrogens is 119 g/mol. The van der Waals surface area contributed by atoms with E-state index in [1.54, 1.807) is 6.20 Å². The van der Waals surface area contributed by atoms with E-state index in [1.807, 2.05) is 11.9 Å². The quantitative estimate of drug-likeness (QED) is 0.506. The van der Waals surface area contributed by atoms with E-state index in [-0.39, 0.29) is 0 Å². The van der Waals surface area contributed by atoms with Crippen molar-refractivity contribution >= 4 is 0 Å². The van der Waals surface area contributed by atoms with Crippen LogP contribution in [0.25, 0.3) is 0 Å². The maximum Gasteiger partial charge on any atom is 0.0587 e. The Morgan fingerprint density at radius 1 is 1.78 bits per heavy atom. The third kappa shape index (κ3) is 1.21. The van der Waals surface area contributed by atoms with Gasteiger partial charge in [-0.15, -0.1) is 9.60 Å². The Labute approximate surface area is 54.5 Å². The van der Waals surface area contributed by atoms with Gasteiger partial charge in [0.2, 0.25) is 0 Å². The first-order chi connectivity index (χ1) is 4.24. The van der Waals surface area contributed by atoms with E-state index in [0.29, 0.717) is 19.1 Å². The summed E-state index contributed by atoms with van der Waals surface area (Å²) < 4.78 is 12.0. The summed E-state index contributed by atoms with van der Waals surface area (Å²) in [4.78, 5) is 1.93. The molecule has 0 aromatic carbocycles. The average molecular weight is 130 g/mol. The van der Waals surface area contributed by atoms with Gasteiger partial charge in [-0.25, -0.2) is 0 Å². The standard InChI is InChI=1S/C6H11FN2/c1-3-8(2)6-4-9(7)5-6/h3,6H,1,4-5H2,2H3. The number of hydrogen-bond acceptors (Lipinski definition) is 2. The number of halogens is 1. The normalized spacial score (nSPS) is 21.1. The molecule has 52 valence electrons. The Balaban J connectivity index is 2.23. The van der Waals surface area contributed by atoms with Crippen molar-refractivity contribution < 1.29 is 4.48 Å². The lowest BCUT2D eigenvalue weighted by atomic mass is 10.1. The van der Waals surface area contributed by atoms with Crippen molar-refractivity contribution in [1.82, 2.24) is 10.0 Å². The molecule has 0 unspecified atom stereocenters. The van der Waals surface area contributed by atoms with Gasteiger partial charge in [0.25, 0.3) is 0 Å². The van der Waals surface area contributed by atoms with Crippen molar-refractivity contribution in [3.05, 3.63) is 12.8 Å². The van der Waals surface area contributed by atoms with Crippen LogP contribution in [0.5, 0.6) is 0 Å². The molecule has 1 aliphatic heterocycles. The fraction of sp³-hybridized carbons (Fsp3) is 0.667. The van der Waals surface area contributed by atoms with E-state index in [0.717, 1.165) is 5.12 Å². The van der Waals surface area contributed by atoms with Gasteiger partial charge in [-0.3, -0.25) is 0 Å². The zero-order valence-corrected chi connectivity index (χ0v) is 5.55. The molecule has 0 aromatic rings. The molecule has 2 nitrogen and oxygen atoms in total. The van der Waals surface area contributed by atoms with Crippen molar-refractivity contribution in [2.75, 3.05) is 20.1 Å². The molecule has 0 atom stereocenters. The van der Waals surface area contributed by atoms with Crippen LogP contribution in [0.2, 0.25) is 0 Å². The number of likely N-dealkylation sites (N-methyl/N-ethyl adjacent to an activating group) is 1. The Kier molecular flexibility index (Phi) is 1.71. The summed E-state index contributed by atoms with van der Waals surface area (Å²) in [5.74, 6) is 0. The van der Waals surface area contributed by atoms with Crippen LogP contribution < -0.4 is 0 Å². The lowest BCUT2D eigenvalue weighted by Gasteiger charge is -2.37. The largest absolute Gasteiger partial charge is 0.375 e. The summed E-state index contributed by atoms with van der Waals surface area (Å²) in [6.45, 7) is 4.61. The topological polar surface area (TPSA) is 6.48 Å². The highest BCUT2D eigenvalue weighted by Crippen LogP contribution is 2.12. The Morgan fingerprint density at radius 2 is 2.33 bits per heavy atom. The molecule has 9 heavy (non-hydrogen) atoms. The van der Waals surface area contributed by atoms with E-state index < -0.39 is 0 Å². The highest BCUT2D eigenvalue weighted by atomic mass is 19.2. The van der Waals surface area contributed by atoms with E-state index in [4.69, 9.17) is 0 Å². The van der Waals surface area contributed by atoms with E-state index in [9.17, 15) is 4.48 Å². The van der Waals surface area contributed by atoms with Crippen molar-refractivity contribution in [3.63, 3.8) is 0 Å². The van der Waals surface area contributed by atoms with Crippen LogP contribution in [0.1, 0.15) is 0 Å². The minimum Gasteiger partial charge on any atom is -0.375 e. The van der Waals surface area contributed by atoms with Crippen LogP contribution in [-0.4, -0.2) is 36.2 Å². The fourth-order valence-corrected chi connectivity index (χ4v) is 0.811. The van der Waals surface area contributed by atoms with Gasteiger partial charge in [0, 0.05) is 7.05 Å². The molecule has 3 heteroatoms. The van der Waals surface area contributed by atoms with Gasteiger partial charge in [-0.1, -0.05) is 6.58 Å². The second kappa shape index (κ2) is 2.35. The summed E-state index contributed by atoms with van der Waals surface area (Å²) in [5.41, 5.74) is 0. The van der Waals surface area contributed by atoms with Gasteiger partial charge in [0.15, 0.2) is 0 Å². The lowest BCUT2D eigenvalue weighted by Crippen LogP contribution is -2.53. The summed E-state index contributed by atoms with van der Waals surface area (Å²) in [6, 6.07) is 0.340. The van der Waals surface area contributed by atoms with Crippen molar-refractivity contribution in [1.29, 1.82) is 0 Å². The number of nitrogens with zero attached hydrogens (tertiary/aromatic N) is 2. The van der Waals surface area contributed by atoms with Gasteiger partial charge in [0.1, 0.15) is 0 Å². The summed E-state index contributed by atoms with van der Waals surface area (Å²) in [5, 5.41) is 0.796. The first-order valence-corrected chi connectivity index (χ1v) is 2.99. The first-order valence-electron chi connectivity index (χ1n) is 2.99. The minimum absolute atomic E-state index is 0.340. The second-order valence-corrected chi connectivity index (χ2v) is 2.33. The average Bonchev–Trinajstić information content (AvgIpc) is 1.79. The monoisotopic (exact) mass is 130 g/mol. The Morgan fingerprint density at radius 3 is 2.67 bits per heavy atom. The zero-order valence-electron chi connectivity index (χ0n) is 5.55. The van der Waals surface area contributed by atoms with E-state index in [2.05, 4.69) is 6.58 Å². The maximum absolute atomic E-state index is 12.0. The smallest absolute Gasteiger partial charge is 0.0587 e. The highest BCUT2D eigenvalue weighted by Gasteiger charge is 2.28. The second-order valence-electron chi connectivity index (χ2n) is 2.33. The van der Waals surface area contributed by atoms with Crippen molar-refractivity contribution in [2.45, 2.75) is 6.04 Å². The van der Waals surface area contributed by atoms with Crippen LogP contribution >= 0.6 is 0 Å². The number of hydrogen-bond donors (Lipinski definition) is 0. The van der Waals surface area contributed by atoms with Gasteiger partial charge >= 0.3 is 0 Å². The Hall–Kier alpha value is -0.570. The molecular formula is C6H11FN2. The minimum atomic E-state index is 0.340. The SMILES string of the molecule is C=CN(C)C1CN(F)C1. The summed E-state index contributed by atoms with van der Waals surface area (Å²) >= 11 is 0. The molecule has 1 rings (SSSR count). The van der Waals surface area contributed by atoms with E-state index >= 15 is 0 Å². The summed E-state index contributed by atoms with van der Waals surface area (Å²) in [6.07, 6.45) is 1.72. The number of rotatable bonds is 2. The van der Waals surface area contributed by atoms with Crippen molar-refractivity contribution in [2.24, 2.45) is 0 Å². The molecule has 0 bridgehead atoms. The highest BCUT2D eigenvalue weighted by molar-refractivity contribution is 4.86. The third-order valence-corrected chi connectivity index (χ3v) is 1.68. The molecule has 0 aliphatic carbocycles. The molecule has 1 saturated heterocycles. The molecule has 0 saturated carbocycles. The van der Waals surface area contributed by atoms with Gasteiger partial charge in [0.05, 0.1) is 19.1 Å². The van der Waals surface area contributed by atoms with Crippen LogP contribution in [0.15, 0.2) is 12.8 Å². The maximum atomic E-state index is 12.0. The fourth-order valence-electron chi connectivity index (χ4n) is 0.811. The zero-order chi connectivity index (χ0) is 6.85.